The minimum Gasteiger partial charge on any atom is -0.490 e. The summed E-state index contributed by atoms with van der Waals surface area (Å²) in [4.78, 5) is 0. The highest BCUT2D eigenvalue weighted by Gasteiger charge is 2.16. The Morgan fingerprint density at radius 1 is 1.18 bits per heavy atom. The fourth-order valence-corrected chi connectivity index (χ4v) is 2.80. The lowest BCUT2D eigenvalue weighted by atomic mass is 10.2. The van der Waals surface area contributed by atoms with Crippen molar-refractivity contribution in [2.24, 2.45) is 0 Å². The van der Waals surface area contributed by atoms with Crippen molar-refractivity contribution in [2.75, 3.05) is 13.2 Å². The Hall–Kier alpha value is -3.17. The number of halogens is 1. The van der Waals surface area contributed by atoms with Gasteiger partial charge in [0.05, 0.1) is 12.2 Å². The molecule has 0 aliphatic heterocycles. The van der Waals surface area contributed by atoms with Gasteiger partial charge in [0.25, 0.3) is 11.8 Å². The summed E-state index contributed by atoms with van der Waals surface area (Å²) in [5.74, 6) is 5.61. The fourth-order valence-electron chi connectivity index (χ4n) is 2.60. The maximum absolute atomic E-state index is 6.38. The van der Waals surface area contributed by atoms with Crippen LogP contribution >= 0.6 is 11.6 Å². The maximum atomic E-state index is 6.38. The molecule has 0 spiro atoms. The van der Waals surface area contributed by atoms with Crippen molar-refractivity contribution in [3.8, 4) is 35.3 Å². The number of rotatable bonds is 7. The van der Waals surface area contributed by atoms with Crippen LogP contribution in [-0.4, -0.2) is 23.4 Å². The average Bonchev–Trinajstić information content (AvgIpc) is 3.27. The van der Waals surface area contributed by atoms with Crippen LogP contribution < -0.4 is 9.47 Å². The van der Waals surface area contributed by atoms with Crippen molar-refractivity contribution in [2.45, 2.75) is 20.8 Å². The molecule has 0 radical (unpaired) electrons. The van der Waals surface area contributed by atoms with E-state index in [1.54, 1.807) is 18.2 Å². The van der Waals surface area contributed by atoms with Gasteiger partial charge in [-0.25, -0.2) is 0 Å². The summed E-state index contributed by atoms with van der Waals surface area (Å²) in [5, 5.41) is 8.37. The fraction of sp³-hybridized carbons (Fsp3) is 0.238. The van der Waals surface area contributed by atoms with Gasteiger partial charge in [0, 0.05) is 0 Å². The van der Waals surface area contributed by atoms with Crippen LogP contribution in [0.3, 0.4) is 0 Å². The van der Waals surface area contributed by atoms with E-state index in [0.717, 1.165) is 16.9 Å². The highest BCUT2D eigenvalue weighted by molar-refractivity contribution is 6.50. The molecule has 144 valence electrons. The molecule has 0 saturated carbocycles. The van der Waals surface area contributed by atoms with Crippen molar-refractivity contribution in [3.05, 3.63) is 47.2 Å². The van der Waals surface area contributed by atoms with Gasteiger partial charge in [0.15, 0.2) is 11.5 Å². The van der Waals surface area contributed by atoms with Crippen molar-refractivity contribution in [1.82, 2.24) is 10.2 Å². The highest BCUT2D eigenvalue weighted by Crippen LogP contribution is 2.32. The third kappa shape index (κ3) is 4.38. The number of aromatic nitrogens is 2. The van der Waals surface area contributed by atoms with Crippen molar-refractivity contribution in [3.63, 3.8) is 0 Å². The Morgan fingerprint density at radius 3 is 2.68 bits per heavy atom. The monoisotopic (exact) mass is 398 g/mol. The third-order valence-electron chi connectivity index (χ3n) is 3.77. The van der Waals surface area contributed by atoms with Gasteiger partial charge in [0.2, 0.25) is 0 Å². The van der Waals surface area contributed by atoms with Gasteiger partial charge < -0.3 is 18.3 Å². The van der Waals surface area contributed by atoms with Crippen LogP contribution in [0.4, 0.5) is 0 Å². The summed E-state index contributed by atoms with van der Waals surface area (Å²) in [5.41, 5.74) is 1.53. The van der Waals surface area contributed by atoms with Crippen LogP contribution in [0.1, 0.15) is 29.9 Å². The van der Waals surface area contributed by atoms with E-state index in [4.69, 9.17) is 36.3 Å². The molecule has 0 bridgehead atoms. The zero-order chi connectivity index (χ0) is 20.1. The van der Waals surface area contributed by atoms with E-state index in [-0.39, 0.29) is 12.5 Å². The van der Waals surface area contributed by atoms with E-state index in [1.807, 2.05) is 32.9 Å². The Labute approximate surface area is 168 Å². The minimum atomic E-state index is 0.160. The SMILES string of the molecule is C#CCOc1ccc(/C=C(\Cl)c2nnc(-c3cc(C)oc3C)o2)cc1OCC. The summed E-state index contributed by atoms with van der Waals surface area (Å²) in [7, 11) is 0. The number of hydrogen-bond donors (Lipinski definition) is 0. The van der Waals surface area contributed by atoms with Gasteiger partial charge in [-0.2, -0.15) is 0 Å². The summed E-state index contributed by atoms with van der Waals surface area (Å²) in [6.45, 7) is 6.23. The largest absolute Gasteiger partial charge is 0.490 e. The van der Waals surface area contributed by atoms with Gasteiger partial charge in [-0.15, -0.1) is 16.6 Å². The number of ether oxygens (including phenoxy) is 2. The molecule has 3 aromatic rings. The van der Waals surface area contributed by atoms with Gasteiger partial charge in [-0.1, -0.05) is 23.6 Å². The molecule has 2 heterocycles. The molecule has 0 fully saturated rings. The van der Waals surface area contributed by atoms with Gasteiger partial charge in [-0.05, 0) is 50.6 Å². The van der Waals surface area contributed by atoms with Crippen LogP contribution in [-0.2, 0) is 0 Å². The lowest BCUT2D eigenvalue weighted by Gasteiger charge is -2.11. The number of terminal acetylenes is 1. The van der Waals surface area contributed by atoms with Gasteiger partial charge in [0.1, 0.15) is 23.2 Å². The van der Waals surface area contributed by atoms with Gasteiger partial charge in [-0.3, -0.25) is 0 Å². The zero-order valence-corrected chi connectivity index (χ0v) is 16.5. The second kappa shape index (κ2) is 8.68. The van der Waals surface area contributed by atoms with Crippen molar-refractivity contribution < 1.29 is 18.3 Å². The van der Waals surface area contributed by atoms with E-state index in [2.05, 4.69) is 16.1 Å². The summed E-state index contributed by atoms with van der Waals surface area (Å²) >= 11 is 6.38. The van der Waals surface area contributed by atoms with Crippen LogP contribution in [0.15, 0.2) is 33.1 Å². The number of benzene rings is 1. The molecule has 0 saturated heterocycles. The van der Waals surface area contributed by atoms with Crippen LogP contribution in [0.2, 0.25) is 0 Å². The van der Waals surface area contributed by atoms with Crippen LogP contribution in [0.5, 0.6) is 11.5 Å². The normalized spacial score (nSPS) is 11.3. The molecule has 1 aromatic carbocycles. The number of nitrogens with zero attached hydrogens (tertiary/aromatic N) is 2. The lowest BCUT2D eigenvalue weighted by molar-refractivity contribution is 0.299. The van der Waals surface area contributed by atoms with Crippen LogP contribution in [0.25, 0.3) is 22.6 Å². The average molecular weight is 399 g/mol. The topological polar surface area (TPSA) is 70.5 Å². The Kier molecular flexibility index (Phi) is 6.07. The predicted molar refractivity (Wildman–Crippen MR) is 107 cm³/mol. The molecule has 0 unspecified atom stereocenters. The van der Waals surface area contributed by atoms with E-state index < -0.39 is 0 Å². The van der Waals surface area contributed by atoms with Crippen LogP contribution in [0, 0.1) is 26.2 Å². The first-order valence-corrected chi connectivity index (χ1v) is 9.01. The first-order valence-electron chi connectivity index (χ1n) is 8.63. The molecule has 0 atom stereocenters. The Balaban J connectivity index is 1.86. The Morgan fingerprint density at radius 2 is 2.00 bits per heavy atom. The number of furan rings is 1. The molecular formula is C21H19ClN2O4. The summed E-state index contributed by atoms with van der Waals surface area (Å²) in [6, 6.07) is 7.25. The highest BCUT2D eigenvalue weighted by atomic mass is 35.5. The smallest absolute Gasteiger partial charge is 0.259 e. The molecule has 28 heavy (non-hydrogen) atoms. The van der Waals surface area contributed by atoms with Crippen molar-refractivity contribution >= 4 is 22.7 Å². The summed E-state index contributed by atoms with van der Waals surface area (Å²) in [6.07, 6.45) is 6.95. The second-order valence-electron chi connectivity index (χ2n) is 5.86. The molecule has 0 aliphatic carbocycles. The summed E-state index contributed by atoms with van der Waals surface area (Å²) < 4.78 is 22.3. The first-order chi connectivity index (χ1) is 13.5. The predicted octanol–water partition coefficient (Wildman–Crippen LogP) is 5.09. The third-order valence-corrected chi connectivity index (χ3v) is 4.04. The van der Waals surface area contributed by atoms with Gasteiger partial charge >= 0.3 is 0 Å². The molecule has 6 nitrogen and oxygen atoms in total. The quantitative estimate of drug-likeness (QED) is 0.516. The van der Waals surface area contributed by atoms with E-state index in [1.165, 1.54) is 0 Å². The molecule has 7 heteroatoms. The molecular weight excluding hydrogens is 380 g/mol. The molecule has 0 aliphatic rings. The first kappa shape index (κ1) is 19.6. The van der Waals surface area contributed by atoms with E-state index in [0.29, 0.717) is 34.8 Å². The Bertz CT molecular complexity index is 1040. The van der Waals surface area contributed by atoms with E-state index in [9.17, 15) is 0 Å². The van der Waals surface area contributed by atoms with E-state index >= 15 is 0 Å². The second-order valence-corrected chi connectivity index (χ2v) is 6.27. The maximum Gasteiger partial charge on any atom is 0.259 e. The molecule has 3 rings (SSSR count). The number of hydrogen-bond acceptors (Lipinski definition) is 6. The molecule has 0 amide bonds. The molecule has 2 aromatic heterocycles. The molecule has 0 N–H and O–H groups in total. The lowest BCUT2D eigenvalue weighted by Crippen LogP contribution is -1.99. The standard InChI is InChI=1S/C21H19ClN2O4/c1-5-9-26-18-8-7-15(12-19(18)25-6-2)11-17(22)21-24-23-20(28-21)16-10-13(3)27-14(16)4/h1,7-8,10-12H,6,9H2,2-4H3/b17-11-. The van der Waals surface area contributed by atoms with Crippen molar-refractivity contribution in [1.29, 1.82) is 0 Å². The zero-order valence-electron chi connectivity index (χ0n) is 15.8. The number of aryl methyl sites for hydroxylation is 2. The minimum absolute atomic E-state index is 0.160.